The van der Waals surface area contributed by atoms with Crippen LogP contribution in [-0.4, -0.2) is 0 Å². The number of hydrogen-bond acceptors (Lipinski definition) is 2. The summed E-state index contributed by atoms with van der Waals surface area (Å²) in [5, 5.41) is 11.3. The number of rotatable bonds is 1. The lowest BCUT2D eigenvalue weighted by molar-refractivity contribution is -0.660. The number of para-hydroxylation sites is 1. The van der Waals surface area contributed by atoms with Gasteiger partial charge in [-0.2, -0.15) is 5.26 Å². The van der Waals surface area contributed by atoms with Gasteiger partial charge in [0, 0.05) is 22.9 Å². The minimum absolute atomic E-state index is 0.573. The van der Waals surface area contributed by atoms with Crippen LogP contribution in [0.1, 0.15) is 16.7 Å². The first kappa shape index (κ1) is 14.5. The molecule has 2 aromatic heterocycles. The number of furan rings is 1. The van der Waals surface area contributed by atoms with E-state index >= 15 is 0 Å². The molecule has 3 nitrogen and oxygen atoms in total. The zero-order valence-electron chi connectivity index (χ0n) is 13.9. The van der Waals surface area contributed by atoms with Crippen molar-refractivity contribution in [1.29, 1.82) is 5.26 Å². The molecule has 0 bridgehead atoms. The van der Waals surface area contributed by atoms with Crippen molar-refractivity contribution >= 4 is 21.9 Å². The Bertz CT molecular complexity index is 1150. The van der Waals surface area contributed by atoms with Crippen LogP contribution in [0.5, 0.6) is 0 Å². The SMILES string of the molecule is Cc1cc[n+](C)c(-c2cc3oc4c(C#N)cccc4c3cc2C)c1. The van der Waals surface area contributed by atoms with Gasteiger partial charge < -0.3 is 4.42 Å². The molecule has 4 rings (SSSR count). The maximum Gasteiger partial charge on any atom is 0.212 e. The Morgan fingerprint density at radius 1 is 1.04 bits per heavy atom. The normalized spacial score (nSPS) is 11.1. The summed E-state index contributed by atoms with van der Waals surface area (Å²) in [6, 6.07) is 16.4. The summed E-state index contributed by atoms with van der Waals surface area (Å²) in [7, 11) is 2.05. The fourth-order valence-electron chi connectivity index (χ4n) is 3.26. The maximum atomic E-state index is 9.30. The Kier molecular flexibility index (Phi) is 3.14. The number of aromatic nitrogens is 1. The molecule has 0 spiro atoms. The number of nitriles is 1. The van der Waals surface area contributed by atoms with Gasteiger partial charge >= 0.3 is 0 Å². The van der Waals surface area contributed by atoms with Crippen molar-refractivity contribution in [3.05, 3.63) is 65.4 Å². The summed E-state index contributed by atoms with van der Waals surface area (Å²) in [5.74, 6) is 0. The molecule has 2 aromatic carbocycles. The molecule has 4 aromatic rings. The molecule has 0 N–H and O–H groups in total. The number of aryl methyl sites for hydroxylation is 3. The average molecular weight is 313 g/mol. The molecular formula is C21H17N2O+. The highest BCUT2D eigenvalue weighted by Crippen LogP contribution is 2.35. The predicted octanol–water partition coefficient (Wildman–Crippen LogP) is 4.57. The second-order valence-electron chi connectivity index (χ2n) is 6.26. The van der Waals surface area contributed by atoms with Gasteiger partial charge in [-0.1, -0.05) is 12.1 Å². The third-order valence-corrected chi connectivity index (χ3v) is 4.55. The molecule has 0 unspecified atom stereocenters. The first-order valence-corrected chi connectivity index (χ1v) is 7.91. The molecule has 0 saturated heterocycles. The molecule has 116 valence electrons. The number of nitrogens with zero attached hydrogens (tertiary/aromatic N) is 2. The van der Waals surface area contributed by atoms with Gasteiger partial charge in [0.1, 0.15) is 18.7 Å². The van der Waals surface area contributed by atoms with Gasteiger partial charge in [-0.25, -0.2) is 4.57 Å². The summed E-state index contributed by atoms with van der Waals surface area (Å²) < 4.78 is 8.15. The average Bonchev–Trinajstić information content (AvgIpc) is 2.94. The molecule has 2 heterocycles. The van der Waals surface area contributed by atoms with Crippen LogP contribution < -0.4 is 4.57 Å². The van der Waals surface area contributed by atoms with E-state index in [4.69, 9.17) is 4.42 Å². The lowest BCUT2D eigenvalue weighted by atomic mass is 10.00. The zero-order valence-corrected chi connectivity index (χ0v) is 13.9. The molecule has 0 radical (unpaired) electrons. The van der Waals surface area contributed by atoms with Crippen LogP contribution in [0.2, 0.25) is 0 Å². The van der Waals surface area contributed by atoms with E-state index in [1.165, 1.54) is 11.1 Å². The highest BCUT2D eigenvalue weighted by atomic mass is 16.3. The zero-order chi connectivity index (χ0) is 16.8. The second-order valence-corrected chi connectivity index (χ2v) is 6.26. The monoisotopic (exact) mass is 313 g/mol. The van der Waals surface area contributed by atoms with Crippen molar-refractivity contribution in [3.8, 4) is 17.3 Å². The van der Waals surface area contributed by atoms with Gasteiger partial charge in [0.2, 0.25) is 5.69 Å². The highest BCUT2D eigenvalue weighted by Gasteiger charge is 2.17. The molecule has 0 aliphatic carbocycles. The molecule has 0 fully saturated rings. The highest BCUT2D eigenvalue weighted by molar-refractivity contribution is 6.07. The van der Waals surface area contributed by atoms with Crippen molar-refractivity contribution in [3.63, 3.8) is 0 Å². The molecule has 0 saturated carbocycles. The molecule has 0 aliphatic heterocycles. The van der Waals surface area contributed by atoms with Gasteiger partial charge in [0.25, 0.3) is 0 Å². The lowest BCUT2D eigenvalue weighted by Gasteiger charge is -2.05. The maximum absolute atomic E-state index is 9.30. The van der Waals surface area contributed by atoms with Crippen LogP contribution in [0.25, 0.3) is 33.2 Å². The Balaban J connectivity index is 2.06. The first-order chi connectivity index (χ1) is 11.6. The van der Waals surface area contributed by atoms with Gasteiger partial charge in [0.15, 0.2) is 11.8 Å². The number of pyridine rings is 1. The standard InChI is InChI=1S/C21H17N2O/c1-13-7-8-23(3)19(9-13)17-11-20-18(10-14(17)2)16-6-4-5-15(12-22)21(16)24-20/h4-11H,1-3H3/q+1. The van der Waals surface area contributed by atoms with E-state index in [0.29, 0.717) is 11.1 Å². The Labute approximate surface area is 140 Å². The van der Waals surface area contributed by atoms with Crippen molar-refractivity contribution in [1.82, 2.24) is 0 Å². The van der Waals surface area contributed by atoms with Crippen molar-refractivity contribution in [2.45, 2.75) is 13.8 Å². The van der Waals surface area contributed by atoms with Crippen molar-refractivity contribution < 1.29 is 8.98 Å². The molecule has 0 amide bonds. The van der Waals surface area contributed by atoms with Crippen LogP contribution in [0.15, 0.2) is 53.1 Å². The number of fused-ring (bicyclic) bond motifs is 3. The van der Waals surface area contributed by atoms with Crippen molar-refractivity contribution in [2.75, 3.05) is 0 Å². The number of benzene rings is 2. The molecular weight excluding hydrogens is 296 g/mol. The van der Waals surface area contributed by atoms with Crippen LogP contribution in [-0.2, 0) is 7.05 Å². The largest absolute Gasteiger partial charge is 0.455 e. The Morgan fingerprint density at radius 3 is 2.67 bits per heavy atom. The minimum atomic E-state index is 0.573. The van der Waals surface area contributed by atoms with E-state index in [9.17, 15) is 5.26 Å². The third kappa shape index (κ3) is 2.08. The van der Waals surface area contributed by atoms with Gasteiger partial charge in [-0.15, -0.1) is 0 Å². The minimum Gasteiger partial charge on any atom is -0.455 e. The van der Waals surface area contributed by atoms with E-state index in [2.05, 4.69) is 54.9 Å². The number of hydrogen-bond donors (Lipinski definition) is 0. The van der Waals surface area contributed by atoms with E-state index < -0.39 is 0 Å². The van der Waals surface area contributed by atoms with Gasteiger partial charge in [-0.05, 0) is 43.2 Å². The Hall–Kier alpha value is -3.12. The summed E-state index contributed by atoms with van der Waals surface area (Å²) in [6.07, 6.45) is 2.07. The molecule has 0 atom stereocenters. The van der Waals surface area contributed by atoms with Crippen LogP contribution >= 0.6 is 0 Å². The first-order valence-electron chi connectivity index (χ1n) is 7.91. The van der Waals surface area contributed by atoms with E-state index in [1.54, 1.807) is 6.07 Å². The lowest BCUT2D eigenvalue weighted by Crippen LogP contribution is -2.30. The topological polar surface area (TPSA) is 40.8 Å². The summed E-state index contributed by atoms with van der Waals surface area (Å²) in [6.45, 7) is 4.21. The molecule has 0 aliphatic rings. The fraction of sp³-hybridized carbons (Fsp3) is 0.143. The van der Waals surface area contributed by atoms with Gasteiger partial charge in [0.05, 0.1) is 11.1 Å². The van der Waals surface area contributed by atoms with E-state index in [1.807, 2.05) is 19.2 Å². The van der Waals surface area contributed by atoms with Crippen molar-refractivity contribution in [2.24, 2.45) is 7.05 Å². The second kappa shape index (κ2) is 5.21. The smallest absolute Gasteiger partial charge is 0.212 e. The Morgan fingerprint density at radius 2 is 1.88 bits per heavy atom. The molecule has 24 heavy (non-hydrogen) atoms. The summed E-state index contributed by atoms with van der Waals surface area (Å²) in [4.78, 5) is 0. The van der Waals surface area contributed by atoms with Crippen LogP contribution in [0.4, 0.5) is 0 Å². The third-order valence-electron chi connectivity index (χ3n) is 4.55. The predicted molar refractivity (Wildman–Crippen MR) is 94.5 cm³/mol. The van der Waals surface area contributed by atoms with Gasteiger partial charge in [-0.3, -0.25) is 0 Å². The quantitative estimate of drug-likeness (QED) is 0.483. The van der Waals surface area contributed by atoms with E-state index in [0.717, 1.165) is 27.6 Å². The van der Waals surface area contributed by atoms with Crippen LogP contribution in [0.3, 0.4) is 0 Å². The van der Waals surface area contributed by atoms with E-state index in [-0.39, 0.29) is 0 Å². The summed E-state index contributed by atoms with van der Waals surface area (Å²) >= 11 is 0. The fourth-order valence-corrected chi connectivity index (χ4v) is 3.26. The summed E-state index contributed by atoms with van der Waals surface area (Å²) in [5.41, 5.74) is 6.76. The molecule has 3 heteroatoms. The van der Waals surface area contributed by atoms with Crippen LogP contribution in [0, 0.1) is 25.2 Å².